The molecular formula is C20H27BrN2O3S. The van der Waals surface area contributed by atoms with E-state index in [1.54, 1.807) is 18.2 Å². The highest BCUT2D eigenvalue weighted by molar-refractivity contribution is 9.10. The fraction of sp³-hybridized carbons (Fsp3) is 0.650. The second-order valence-electron chi connectivity index (χ2n) is 8.01. The standard InChI is InChI=1S/C20H27BrN2O3S/c21-18-10-9-16(27(25,26)22-11-3-4-12-22)14-17(18)20(24)23-13-5-7-15-6-1-2-8-19(15)23/h9-10,14-15,19H,1-8,11-13H2. The molecule has 4 rings (SSSR count). The molecule has 0 aromatic heterocycles. The summed E-state index contributed by atoms with van der Waals surface area (Å²) in [4.78, 5) is 15.6. The van der Waals surface area contributed by atoms with Crippen LogP contribution in [0.5, 0.6) is 0 Å². The fourth-order valence-electron chi connectivity index (χ4n) is 4.94. The molecule has 2 unspecified atom stereocenters. The third-order valence-corrected chi connectivity index (χ3v) is 8.96. The van der Waals surface area contributed by atoms with Crippen molar-refractivity contribution in [3.8, 4) is 0 Å². The van der Waals surface area contributed by atoms with E-state index >= 15 is 0 Å². The van der Waals surface area contributed by atoms with Crippen molar-refractivity contribution in [2.45, 2.75) is 62.3 Å². The number of hydrogen-bond donors (Lipinski definition) is 0. The van der Waals surface area contributed by atoms with Crippen LogP contribution in [0.25, 0.3) is 0 Å². The van der Waals surface area contributed by atoms with E-state index < -0.39 is 10.0 Å². The van der Waals surface area contributed by atoms with Gasteiger partial charge in [0.1, 0.15) is 0 Å². The number of benzene rings is 1. The third-order valence-electron chi connectivity index (χ3n) is 6.38. The van der Waals surface area contributed by atoms with E-state index in [1.165, 1.54) is 30.0 Å². The highest BCUT2D eigenvalue weighted by atomic mass is 79.9. The van der Waals surface area contributed by atoms with Crippen LogP contribution in [0.15, 0.2) is 27.6 Å². The normalized spacial score (nSPS) is 26.8. The molecule has 1 saturated carbocycles. The van der Waals surface area contributed by atoms with Gasteiger partial charge >= 0.3 is 0 Å². The topological polar surface area (TPSA) is 57.7 Å². The number of fused-ring (bicyclic) bond motifs is 1. The van der Waals surface area contributed by atoms with E-state index in [-0.39, 0.29) is 10.8 Å². The Morgan fingerprint density at radius 3 is 2.44 bits per heavy atom. The van der Waals surface area contributed by atoms with Gasteiger partial charge in [0.05, 0.1) is 10.5 Å². The third kappa shape index (κ3) is 3.70. The second kappa shape index (κ2) is 7.84. The SMILES string of the molecule is O=C(c1cc(S(=O)(=O)N2CCCC2)ccc1Br)N1CCCC2CCCCC21. The first kappa shape index (κ1) is 19.4. The maximum atomic E-state index is 13.4. The van der Waals surface area contributed by atoms with E-state index in [9.17, 15) is 13.2 Å². The number of amides is 1. The number of sulfonamides is 1. The molecule has 1 amide bonds. The highest BCUT2D eigenvalue weighted by Crippen LogP contribution is 2.37. The van der Waals surface area contributed by atoms with Gasteiger partial charge in [-0.25, -0.2) is 8.42 Å². The van der Waals surface area contributed by atoms with Crippen molar-refractivity contribution in [1.82, 2.24) is 9.21 Å². The fourth-order valence-corrected chi connectivity index (χ4v) is 6.90. The smallest absolute Gasteiger partial charge is 0.255 e. The Labute approximate surface area is 170 Å². The summed E-state index contributed by atoms with van der Waals surface area (Å²) in [7, 11) is -3.52. The van der Waals surface area contributed by atoms with Gasteiger partial charge in [0.2, 0.25) is 10.0 Å². The minimum Gasteiger partial charge on any atom is -0.335 e. The number of piperidine rings is 1. The van der Waals surface area contributed by atoms with Gasteiger partial charge in [-0.2, -0.15) is 4.31 Å². The van der Waals surface area contributed by atoms with Gasteiger partial charge in [0.25, 0.3) is 5.91 Å². The van der Waals surface area contributed by atoms with Crippen molar-refractivity contribution in [1.29, 1.82) is 0 Å². The summed E-state index contributed by atoms with van der Waals surface area (Å²) in [5.74, 6) is 0.573. The Morgan fingerprint density at radius 2 is 1.67 bits per heavy atom. The Bertz CT molecular complexity index is 819. The molecule has 2 heterocycles. The molecule has 0 bridgehead atoms. The molecule has 5 nitrogen and oxygen atoms in total. The Kier molecular flexibility index (Phi) is 5.63. The van der Waals surface area contributed by atoms with Crippen molar-refractivity contribution < 1.29 is 13.2 Å². The Morgan fingerprint density at radius 1 is 0.963 bits per heavy atom. The number of nitrogens with zero attached hydrogens (tertiary/aromatic N) is 2. The lowest BCUT2D eigenvalue weighted by molar-refractivity contribution is 0.0389. The highest BCUT2D eigenvalue weighted by Gasteiger charge is 2.37. The van der Waals surface area contributed by atoms with E-state index in [0.717, 1.165) is 32.2 Å². The molecule has 148 valence electrons. The van der Waals surface area contributed by atoms with Crippen molar-refractivity contribution in [2.24, 2.45) is 5.92 Å². The zero-order valence-corrected chi connectivity index (χ0v) is 18.0. The van der Waals surface area contributed by atoms with Gasteiger partial charge < -0.3 is 4.90 Å². The predicted molar refractivity (Wildman–Crippen MR) is 108 cm³/mol. The van der Waals surface area contributed by atoms with Crippen LogP contribution in [0, 0.1) is 5.92 Å². The first-order chi connectivity index (χ1) is 13.0. The van der Waals surface area contributed by atoms with E-state index in [1.807, 2.05) is 4.90 Å². The van der Waals surface area contributed by atoms with Gasteiger partial charge in [0, 0.05) is 30.1 Å². The summed E-state index contributed by atoms with van der Waals surface area (Å²) in [6, 6.07) is 5.20. The van der Waals surface area contributed by atoms with Crippen LogP contribution in [-0.4, -0.2) is 49.2 Å². The maximum absolute atomic E-state index is 13.4. The van der Waals surface area contributed by atoms with Gasteiger partial charge in [0.15, 0.2) is 0 Å². The summed E-state index contributed by atoms with van der Waals surface area (Å²) in [5, 5.41) is 0. The van der Waals surface area contributed by atoms with Crippen LogP contribution in [0.2, 0.25) is 0 Å². The van der Waals surface area contributed by atoms with Crippen molar-refractivity contribution in [3.05, 3.63) is 28.2 Å². The van der Waals surface area contributed by atoms with Gasteiger partial charge in [-0.3, -0.25) is 4.79 Å². The molecule has 2 aliphatic heterocycles. The number of rotatable bonds is 3. The molecule has 1 aromatic carbocycles. The number of hydrogen-bond acceptors (Lipinski definition) is 3. The molecule has 1 aliphatic carbocycles. The summed E-state index contributed by atoms with van der Waals surface area (Å²) in [6.07, 6.45) is 8.76. The molecular weight excluding hydrogens is 428 g/mol. The summed E-state index contributed by atoms with van der Waals surface area (Å²) < 4.78 is 28.0. The van der Waals surface area contributed by atoms with E-state index in [2.05, 4.69) is 15.9 Å². The van der Waals surface area contributed by atoms with Crippen LogP contribution < -0.4 is 0 Å². The van der Waals surface area contributed by atoms with Crippen LogP contribution in [-0.2, 0) is 10.0 Å². The average molecular weight is 455 g/mol. The first-order valence-corrected chi connectivity index (χ1v) is 12.3. The monoisotopic (exact) mass is 454 g/mol. The summed E-state index contributed by atoms with van der Waals surface area (Å²) in [5.41, 5.74) is 0.474. The molecule has 3 aliphatic rings. The van der Waals surface area contributed by atoms with Gasteiger partial charge in [-0.1, -0.05) is 12.8 Å². The van der Waals surface area contributed by atoms with Crippen molar-refractivity contribution in [3.63, 3.8) is 0 Å². The molecule has 3 fully saturated rings. The lowest BCUT2D eigenvalue weighted by Crippen LogP contribution is -2.49. The largest absolute Gasteiger partial charge is 0.335 e. The summed E-state index contributed by atoms with van der Waals surface area (Å²) in [6.45, 7) is 1.91. The lowest BCUT2D eigenvalue weighted by atomic mass is 9.78. The molecule has 2 atom stereocenters. The molecule has 0 spiro atoms. The molecule has 0 N–H and O–H groups in total. The van der Waals surface area contributed by atoms with Crippen molar-refractivity contribution >= 4 is 31.9 Å². The molecule has 1 aromatic rings. The van der Waals surface area contributed by atoms with Crippen molar-refractivity contribution in [2.75, 3.05) is 19.6 Å². The number of carbonyl (C=O) groups excluding carboxylic acids is 1. The van der Waals surface area contributed by atoms with Gasteiger partial charge in [-0.15, -0.1) is 0 Å². The van der Waals surface area contributed by atoms with E-state index in [0.29, 0.717) is 35.1 Å². The Hall–Kier alpha value is -0.920. The number of carbonyl (C=O) groups is 1. The minimum absolute atomic E-state index is 0.0306. The Balaban J connectivity index is 1.64. The zero-order chi connectivity index (χ0) is 19.0. The van der Waals surface area contributed by atoms with Crippen LogP contribution in [0.1, 0.15) is 61.7 Å². The van der Waals surface area contributed by atoms with Gasteiger partial charge in [-0.05, 0) is 78.6 Å². The zero-order valence-electron chi connectivity index (χ0n) is 15.6. The molecule has 27 heavy (non-hydrogen) atoms. The first-order valence-electron chi connectivity index (χ1n) is 10.1. The number of halogens is 1. The quantitative estimate of drug-likeness (QED) is 0.692. The van der Waals surface area contributed by atoms with Crippen LogP contribution >= 0.6 is 15.9 Å². The van der Waals surface area contributed by atoms with Crippen LogP contribution in [0.4, 0.5) is 0 Å². The lowest BCUT2D eigenvalue weighted by Gasteiger charge is -2.44. The molecule has 2 saturated heterocycles. The predicted octanol–water partition coefficient (Wildman–Crippen LogP) is 4.03. The van der Waals surface area contributed by atoms with Crippen LogP contribution in [0.3, 0.4) is 0 Å². The molecule has 0 radical (unpaired) electrons. The number of likely N-dealkylation sites (tertiary alicyclic amines) is 1. The molecule has 7 heteroatoms. The second-order valence-corrected chi connectivity index (χ2v) is 10.8. The summed E-state index contributed by atoms with van der Waals surface area (Å²) >= 11 is 3.48. The average Bonchev–Trinajstić information content (AvgIpc) is 3.23. The minimum atomic E-state index is -3.52. The van der Waals surface area contributed by atoms with E-state index in [4.69, 9.17) is 0 Å². The maximum Gasteiger partial charge on any atom is 0.255 e.